The van der Waals surface area contributed by atoms with Crippen LogP contribution in [0.3, 0.4) is 0 Å². The smallest absolute Gasteiger partial charge is 0.340 e. The van der Waals surface area contributed by atoms with Gasteiger partial charge in [-0.2, -0.15) is 0 Å². The summed E-state index contributed by atoms with van der Waals surface area (Å²) in [6, 6.07) is 8.66. The fourth-order valence-corrected chi connectivity index (χ4v) is 4.49. The molecule has 39 heavy (non-hydrogen) atoms. The molecule has 0 unspecified atom stereocenters. The van der Waals surface area contributed by atoms with Gasteiger partial charge >= 0.3 is 12.0 Å². The van der Waals surface area contributed by atoms with Crippen molar-refractivity contribution in [3.05, 3.63) is 58.1 Å². The molecule has 2 atom stereocenters. The molecule has 11 heteroatoms. The van der Waals surface area contributed by atoms with Crippen molar-refractivity contribution in [2.24, 2.45) is 5.92 Å². The fraction of sp³-hybridized carbons (Fsp3) is 0.429. The number of nitrogen functional groups attached to an aromatic ring is 1. The molecule has 0 spiro atoms. The van der Waals surface area contributed by atoms with Gasteiger partial charge in [0.25, 0.3) is 0 Å². The maximum atomic E-state index is 13.4. The lowest BCUT2D eigenvalue weighted by Crippen LogP contribution is -2.48. The van der Waals surface area contributed by atoms with Crippen LogP contribution in [-0.2, 0) is 20.7 Å². The van der Waals surface area contributed by atoms with E-state index in [0.717, 1.165) is 4.90 Å². The van der Waals surface area contributed by atoms with Crippen molar-refractivity contribution in [3.63, 3.8) is 0 Å². The number of benzene rings is 2. The second kappa shape index (κ2) is 12.4. The molecule has 4 amide bonds. The summed E-state index contributed by atoms with van der Waals surface area (Å²) < 4.78 is 10.8. The van der Waals surface area contributed by atoms with E-state index in [-0.39, 0.29) is 24.2 Å². The number of nitrogens with two attached hydrogens (primary N) is 1. The maximum Gasteiger partial charge on any atom is 0.340 e. The number of nitrogens with one attached hydrogen (secondary N) is 2. The third kappa shape index (κ3) is 7.63. The molecule has 1 aliphatic heterocycles. The standard InChI is InChI=1S/C28H35ClN4O6/c1-6-22(16-7-9-20(21(30)13-16)26(36)39-28(2,3)4)32-27(37)33-15-24(34)31-14-18(25(33)35)11-17-12-19(29)8-10-23(17)38-5/h7-10,12-13,18,22H,6,11,14-15,30H2,1-5H3,(H,31,34)(H,32,37)/t18-,22-/m1/s1. The summed E-state index contributed by atoms with van der Waals surface area (Å²) in [5.41, 5.74) is 7.21. The maximum absolute atomic E-state index is 13.4. The topological polar surface area (TPSA) is 140 Å². The van der Waals surface area contributed by atoms with Crippen LogP contribution in [0.1, 0.15) is 61.6 Å². The Labute approximate surface area is 233 Å². The number of urea groups is 1. The zero-order valence-corrected chi connectivity index (χ0v) is 23.6. The summed E-state index contributed by atoms with van der Waals surface area (Å²) in [7, 11) is 1.51. The van der Waals surface area contributed by atoms with Gasteiger partial charge < -0.3 is 25.8 Å². The van der Waals surface area contributed by atoms with Crippen LogP contribution in [0.25, 0.3) is 0 Å². The number of halogens is 1. The first-order valence-electron chi connectivity index (χ1n) is 12.7. The van der Waals surface area contributed by atoms with Crippen molar-refractivity contribution in [1.82, 2.24) is 15.5 Å². The van der Waals surface area contributed by atoms with Gasteiger partial charge in [-0.25, -0.2) is 9.59 Å². The van der Waals surface area contributed by atoms with Crippen molar-refractivity contribution < 1.29 is 28.7 Å². The zero-order valence-electron chi connectivity index (χ0n) is 22.8. The molecule has 3 rings (SSSR count). The van der Waals surface area contributed by atoms with E-state index in [0.29, 0.717) is 28.3 Å². The highest BCUT2D eigenvalue weighted by Gasteiger charge is 2.35. The second-order valence-electron chi connectivity index (χ2n) is 10.3. The first-order chi connectivity index (χ1) is 18.3. The lowest BCUT2D eigenvalue weighted by molar-refractivity contribution is -0.133. The molecular formula is C28H35ClN4O6. The number of anilines is 1. The number of amides is 4. The van der Waals surface area contributed by atoms with Gasteiger partial charge in [0.2, 0.25) is 11.8 Å². The SMILES string of the molecule is CC[C@@H](NC(=O)N1CC(=O)NC[C@@H](Cc2cc(Cl)ccc2OC)C1=O)c1ccc(C(=O)OC(C)(C)C)c(N)c1. The number of ether oxygens (including phenoxy) is 2. The number of carbonyl (C=O) groups excluding carboxylic acids is 4. The first kappa shape index (κ1) is 29.8. The van der Waals surface area contributed by atoms with E-state index in [4.69, 9.17) is 26.8 Å². The number of esters is 1. The lowest BCUT2D eigenvalue weighted by atomic mass is 9.97. The molecule has 1 saturated heterocycles. The van der Waals surface area contributed by atoms with E-state index >= 15 is 0 Å². The molecule has 0 aliphatic carbocycles. The van der Waals surface area contributed by atoms with E-state index in [1.807, 2.05) is 6.92 Å². The van der Waals surface area contributed by atoms with Gasteiger partial charge in [-0.05, 0) is 75.1 Å². The molecule has 2 aromatic carbocycles. The van der Waals surface area contributed by atoms with E-state index in [1.54, 1.807) is 57.2 Å². The van der Waals surface area contributed by atoms with Gasteiger partial charge in [-0.3, -0.25) is 14.5 Å². The Bertz CT molecular complexity index is 1260. The summed E-state index contributed by atoms with van der Waals surface area (Å²) in [6.45, 7) is 6.80. The number of hydrogen-bond acceptors (Lipinski definition) is 7. The quantitative estimate of drug-likeness (QED) is 0.346. The summed E-state index contributed by atoms with van der Waals surface area (Å²) in [4.78, 5) is 52.5. The minimum atomic E-state index is -0.710. The van der Waals surface area contributed by atoms with E-state index in [1.165, 1.54) is 7.11 Å². The molecule has 1 fully saturated rings. The van der Waals surface area contributed by atoms with Gasteiger partial charge in [0, 0.05) is 17.3 Å². The molecule has 0 bridgehead atoms. The average Bonchev–Trinajstić information content (AvgIpc) is 2.99. The van der Waals surface area contributed by atoms with Crippen molar-refractivity contribution in [1.29, 1.82) is 0 Å². The minimum absolute atomic E-state index is 0.0665. The summed E-state index contributed by atoms with van der Waals surface area (Å²) in [5.74, 6) is -1.65. The molecule has 10 nitrogen and oxygen atoms in total. The Balaban J connectivity index is 1.79. The third-order valence-electron chi connectivity index (χ3n) is 6.22. The van der Waals surface area contributed by atoms with Crippen LogP contribution in [0.5, 0.6) is 5.75 Å². The first-order valence-corrected chi connectivity index (χ1v) is 13.0. The molecule has 1 heterocycles. The normalized spacial score (nSPS) is 16.7. The number of imide groups is 1. The van der Waals surface area contributed by atoms with Crippen LogP contribution >= 0.6 is 11.6 Å². The average molecular weight is 559 g/mol. The predicted octanol–water partition coefficient (Wildman–Crippen LogP) is 3.86. The predicted molar refractivity (Wildman–Crippen MR) is 148 cm³/mol. The van der Waals surface area contributed by atoms with Gasteiger partial charge in [-0.15, -0.1) is 0 Å². The number of rotatable bonds is 7. The van der Waals surface area contributed by atoms with Crippen LogP contribution in [0, 0.1) is 5.92 Å². The van der Waals surface area contributed by atoms with E-state index in [9.17, 15) is 19.2 Å². The van der Waals surface area contributed by atoms with E-state index < -0.39 is 47.9 Å². The lowest BCUT2D eigenvalue weighted by Gasteiger charge is -2.26. The fourth-order valence-electron chi connectivity index (χ4n) is 4.29. The van der Waals surface area contributed by atoms with Crippen LogP contribution < -0.4 is 21.1 Å². The van der Waals surface area contributed by atoms with Gasteiger partial charge in [-0.1, -0.05) is 24.6 Å². The van der Waals surface area contributed by atoms with Gasteiger partial charge in [0.15, 0.2) is 0 Å². The third-order valence-corrected chi connectivity index (χ3v) is 6.45. The number of carbonyl (C=O) groups is 4. The molecule has 0 aromatic heterocycles. The monoisotopic (exact) mass is 558 g/mol. The molecule has 2 aromatic rings. The summed E-state index contributed by atoms with van der Waals surface area (Å²) in [6.07, 6.45) is 0.681. The molecular weight excluding hydrogens is 524 g/mol. The molecule has 210 valence electrons. The Hall–Kier alpha value is -3.79. The second-order valence-corrected chi connectivity index (χ2v) is 10.8. The van der Waals surface area contributed by atoms with Crippen LogP contribution in [0.2, 0.25) is 5.02 Å². The van der Waals surface area contributed by atoms with Crippen molar-refractivity contribution >= 4 is 41.1 Å². The number of nitrogens with zero attached hydrogens (tertiary/aromatic N) is 1. The Kier molecular flexibility index (Phi) is 9.45. The van der Waals surface area contributed by atoms with Crippen LogP contribution in [-0.4, -0.2) is 54.5 Å². The number of hydrogen-bond donors (Lipinski definition) is 3. The molecule has 4 N–H and O–H groups in total. The summed E-state index contributed by atoms with van der Waals surface area (Å²) >= 11 is 6.14. The molecule has 0 saturated carbocycles. The zero-order chi connectivity index (χ0) is 28.9. The molecule has 0 radical (unpaired) electrons. The Morgan fingerprint density at radius 2 is 1.92 bits per heavy atom. The van der Waals surface area contributed by atoms with Crippen molar-refractivity contribution in [2.45, 2.75) is 52.2 Å². The molecule has 1 aliphatic rings. The van der Waals surface area contributed by atoms with Crippen LogP contribution in [0.4, 0.5) is 10.5 Å². The van der Waals surface area contributed by atoms with Crippen LogP contribution in [0.15, 0.2) is 36.4 Å². The highest BCUT2D eigenvalue weighted by Crippen LogP contribution is 2.27. The minimum Gasteiger partial charge on any atom is -0.496 e. The van der Waals surface area contributed by atoms with E-state index in [2.05, 4.69) is 10.6 Å². The van der Waals surface area contributed by atoms with Gasteiger partial charge in [0.1, 0.15) is 17.9 Å². The highest BCUT2D eigenvalue weighted by molar-refractivity contribution is 6.30. The van der Waals surface area contributed by atoms with Crippen molar-refractivity contribution in [2.75, 3.05) is 25.9 Å². The van der Waals surface area contributed by atoms with Crippen molar-refractivity contribution in [3.8, 4) is 5.75 Å². The Morgan fingerprint density at radius 1 is 1.21 bits per heavy atom. The highest BCUT2D eigenvalue weighted by atomic mass is 35.5. The van der Waals surface area contributed by atoms with Gasteiger partial charge in [0.05, 0.1) is 24.6 Å². The Morgan fingerprint density at radius 3 is 2.54 bits per heavy atom. The summed E-state index contributed by atoms with van der Waals surface area (Å²) in [5, 5.41) is 6.02. The largest absolute Gasteiger partial charge is 0.496 e. The number of methoxy groups -OCH3 is 1.